The molecule has 0 spiro atoms. The molecular weight excluding hydrogens is 264 g/mol. The maximum Gasteiger partial charge on any atom is 0.181 e. The van der Waals surface area contributed by atoms with Gasteiger partial charge in [0.1, 0.15) is 6.10 Å². The summed E-state index contributed by atoms with van der Waals surface area (Å²) >= 11 is 0. The quantitative estimate of drug-likeness (QED) is 0.850. The molecule has 1 aromatic rings. The van der Waals surface area contributed by atoms with Crippen LogP contribution in [0.3, 0.4) is 0 Å². The van der Waals surface area contributed by atoms with E-state index in [4.69, 9.17) is 4.74 Å². The fourth-order valence-corrected chi connectivity index (χ4v) is 3.63. The van der Waals surface area contributed by atoms with Crippen LogP contribution in [0.15, 0.2) is 35.2 Å². The molecule has 0 unspecified atom stereocenters. The predicted molar refractivity (Wildman–Crippen MR) is 71.7 cm³/mol. The van der Waals surface area contributed by atoms with Gasteiger partial charge < -0.3 is 4.74 Å². The number of carbonyl (C=O) groups is 1. The van der Waals surface area contributed by atoms with E-state index in [2.05, 4.69) is 0 Å². The minimum atomic E-state index is -3.48. The molecule has 5 heteroatoms. The van der Waals surface area contributed by atoms with Crippen molar-refractivity contribution in [3.63, 3.8) is 0 Å². The van der Waals surface area contributed by atoms with Crippen LogP contribution in [0.5, 0.6) is 0 Å². The average molecular weight is 282 g/mol. The van der Waals surface area contributed by atoms with Crippen molar-refractivity contribution in [1.29, 1.82) is 0 Å². The highest BCUT2D eigenvalue weighted by Crippen LogP contribution is 2.19. The summed E-state index contributed by atoms with van der Waals surface area (Å²) in [5, 5.41) is 0. The summed E-state index contributed by atoms with van der Waals surface area (Å²) in [6.07, 6.45) is 1.07. The number of hydrogen-bond acceptors (Lipinski definition) is 4. The number of sulfone groups is 1. The SMILES string of the molecule is C[C@H]1CCCC(=O)[C@@H](CS(=O)(=O)c2ccccc2)O1. The van der Waals surface area contributed by atoms with E-state index in [1.807, 2.05) is 6.92 Å². The monoisotopic (exact) mass is 282 g/mol. The van der Waals surface area contributed by atoms with Gasteiger partial charge >= 0.3 is 0 Å². The summed E-state index contributed by atoms with van der Waals surface area (Å²) in [4.78, 5) is 12.1. The number of rotatable bonds is 3. The van der Waals surface area contributed by atoms with Gasteiger partial charge in [-0.25, -0.2) is 8.42 Å². The van der Waals surface area contributed by atoms with Gasteiger partial charge in [0.05, 0.1) is 16.8 Å². The Bertz CT molecular complexity index is 536. The second kappa shape index (κ2) is 5.84. The van der Waals surface area contributed by atoms with Crippen LogP contribution in [0, 0.1) is 0 Å². The summed E-state index contributed by atoms with van der Waals surface area (Å²) in [6, 6.07) is 8.19. The number of benzene rings is 1. The molecule has 1 aliphatic heterocycles. The van der Waals surface area contributed by atoms with E-state index in [1.165, 1.54) is 0 Å². The number of ether oxygens (including phenoxy) is 1. The van der Waals surface area contributed by atoms with Crippen molar-refractivity contribution in [2.45, 2.75) is 43.3 Å². The molecule has 0 bridgehead atoms. The van der Waals surface area contributed by atoms with Crippen molar-refractivity contribution < 1.29 is 17.9 Å². The standard InChI is InChI=1S/C14H18O4S/c1-11-6-5-9-13(15)14(18-11)10-19(16,17)12-7-3-2-4-8-12/h2-4,7-8,11,14H,5-6,9-10H2,1H3/t11-,14+/m0/s1. The summed E-state index contributed by atoms with van der Waals surface area (Å²) in [5.74, 6) is -0.371. The molecule has 0 N–H and O–H groups in total. The zero-order chi connectivity index (χ0) is 13.9. The van der Waals surface area contributed by atoms with E-state index < -0.39 is 15.9 Å². The van der Waals surface area contributed by atoms with E-state index in [9.17, 15) is 13.2 Å². The first-order chi connectivity index (χ1) is 8.99. The van der Waals surface area contributed by atoms with E-state index in [1.54, 1.807) is 30.3 Å². The first kappa shape index (κ1) is 14.2. The highest BCUT2D eigenvalue weighted by molar-refractivity contribution is 7.91. The topological polar surface area (TPSA) is 60.4 Å². The van der Waals surface area contributed by atoms with Gasteiger partial charge in [0.15, 0.2) is 15.6 Å². The van der Waals surface area contributed by atoms with Crippen LogP contribution in [0.2, 0.25) is 0 Å². The van der Waals surface area contributed by atoms with Crippen molar-refractivity contribution in [3.8, 4) is 0 Å². The predicted octanol–water partition coefficient (Wildman–Crippen LogP) is 1.99. The molecule has 2 rings (SSSR count). The van der Waals surface area contributed by atoms with Gasteiger partial charge in [0.25, 0.3) is 0 Å². The molecule has 2 atom stereocenters. The smallest absolute Gasteiger partial charge is 0.181 e. The third kappa shape index (κ3) is 3.64. The van der Waals surface area contributed by atoms with Gasteiger partial charge in [-0.2, -0.15) is 0 Å². The lowest BCUT2D eigenvalue weighted by Crippen LogP contribution is -2.33. The van der Waals surface area contributed by atoms with Crippen molar-refractivity contribution in [2.75, 3.05) is 5.75 Å². The maximum absolute atomic E-state index is 12.2. The van der Waals surface area contributed by atoms with Gasteiger partial charge in [0.2, 0.25) is 0 Å². The molecule has 104 valence electrons. The van der Waals surface area contributed by atoms with Crippen LogP contribution >= 0.6 is 0 Å². The molecule has 4 nitrogen and oxygen atoms in total. The molecule has 1 aliphatic rings. The van der Waals surface area contributed by atoms with Crippen LogP contribution in [0.4, 0.5) is 0 Å². The lowest BCUT2D eigenvalue weighted by Gasteiger charge is -2.17. The van der Waals surface area contributed by atoms with E-state index in [0.717, 1.165) is 12.8 Å². The van der Waals surface area contributed by atoms with Crippen molar-refractivity contribution in [2.24, 2.45) is 0 Å². The molecule has 0 radical (unpaired) electrons. The molecule has 1 saturated heterocycles. The van der Waals surface area contributed by atoms with Crippen molar-refractivity contribution in [3.05, 3.63) is 30.3 Å². The summed E-state index contributed by atoms with van der Waals surface area (Å²) in [7, 11) is -3.48. The van der Waals surface area contributed by atoms with Crippen LogP contribution in [0.1, 0.15) is 26.2 Å². The third-order valence-electron chi connectivity index (χ3n) is 3.26. The van der Waals surface area contributed by atoms with Crippen LogP contribution in [-0.2, 0) is 19.4 Å². The molecule has 0 saturated carbocycles. The number of ketones is 1. The first-order valence-corrected chi connectivity index (χ1v) is 8.10. The van der Waals surface area contributed by atoms with E-state index >= 15 is 0 Å². The first-order valence-electron chi connectivity index (χ1n) is 6.45. The molecule has 1 heterocycles. The van der Waals surface area contributed by atoms with Crippen LogP contribution in [0.25, 0.3) is 0 Å². The molecule has 0 amide bonds. The van der Waals surface area contributed by atoms with E-state index in [0.29, 0.717) is 6.42 Å². The van der Waals surface area contributed by atoms with Gasteiger partial charge in [-0.05, 0) is 31.9 Å². The second-order valence-corrected chi connectivity index (χ2v) is 6.92. The second-order valence-electron chi connectivity index (χ2n) is 4.89. The normalized spacial score (nSPS) is 25.0. The Labute approximate surface area is 113 Å². The highest BCUT2D eigenvalue weighted by atomic mass is 32.2. The lowest BCUT2D eigenvalue weighted by molar-refractivity contribution is -0.129. The van der Waals surface area contributed by atoms with Crippen molar-refractivity contribution >= 4 is 15.6 Å². The Morgan fingerprint density at radius 1 is 1.26 bits per heavy atom. The van der Waals surface area contributed by atoms with Gasteiger partial charge in [-0.1, -0.05) is 18.2 Å². The Kier molecular flexibility index (Phi) is 4.37. The van der Waals surface area contributed by atoms with Gasteiger partial charge in [-0.15, -0.1) is 0 Å². The Morgan fingerprint density at radius 3 is 2.63 bits per heavy atom. The number of carbonyl (C=O) groups excluding carboxylic acids is 1. The molecular formula is C14H18O4S. The third-order valence-corrected chi connectivity index (χ3v) is 4.99. The Morgan fingerprint density at radius 2 is 1.95 bits per heavy atom. The summed E-state index contributed by atoms with van der Waals surface area (Å²) in [5.41, 5.74) is 0. The summed E-state index contributed by atoms with van der Waals surface area (Å²) in [6.45, 7) is 1.88. The van der Waals surface area contributed by atoms with Gasteiger partial charge in [0, 0.05) is 6.42 Å². The molecule has 0 aromatic heterocycles. The fourth-order valence-electron chi connectivity index (χ4n) is 2.20. The Balaban J connectivity index is 2.17. The largest absolute Gasteiger partial charge is 0.366 e. The zero-order valence-corrected chi connectivity index (χ0v) is 11.7. The van der Waals surface area contributed by atoms with Crippen molar-refractivity contribution in [1.82, 2.24) is 0 Å². The molecule has 0 aliphatic carbocycles. The fraction of sp³-hybridized carbons (Fsp3) is 0.500. The lowest BCUT2D eigenvalue weighted by atomic mass is 10.1. The molecule has 19 heavy (non-hydrogen) atoms. The van der Waals surface area contributed by atoms with Crippen LogP contribution in [-0.4, -0.2) is 32.2 Å². The summed E-state index contributed by atoms with van der Waals surface area (Å²) < 4.78 is 30.0. The zero-order valence-electron chi connectivity index (χ0n) is 10.9. The minimum Gasteiger partial charge on any atom is -0.366 e. The highest BCUT2D eigenvalue weighted by Gasteiger charge is 2.30. The average Bonchev–Trinajstić information content (AvgIpc) is 2.52. The Hall–Kier alpha value is -1.20. The van der Waals surface area contributed by atoms with Gasteiger partial charge in [-0.3, -0.25) is 4.79 Å². The maximum atomic E-state index is 12.2. The molecule has 1 fully saturated rings. The number of Topliss-reactive ketones (excluding diaryl/α,β-unsaturated/α-hetero) is 1. The molecule has 1 aromatic carbocycles. The van der Waals surface area contributed by atoms with E-state index in [-0.39, 0.29) is 22.5 Å². The number of hydrogen-bond donors (Lipinski definition) is 0. The minimum absolute atomic E-state index is 0.0672. The van der Waals surface area contributed by atoms with Crippen LogP contribution < -0.4 is 0 Å².